The first-order valence-electron chi connectivity index (χ1n) is 6.51. The van der Waals surface area contributed by atoms with Gasteiger partial charge in [-0.15, -0.1) is 0 Å². The average molecular weight is 241 g/mol. The standard InChI is InChI=1S/C16H19NO/c1-12-10-16(18,11-17(12)2)15-9-5-7-13-6-3-4-8-14(13)15/h3-9,12,18H,10-11H2,1-2H3. The van der Waals surface area contributed by atoms with Crippen LogP contribution in [-0.2, 0) is 5.60 Å². The molecule has 2 heteroatoms. The average Bonchev–Trinajstić information content (AvgIpc) is 2.63. The van der Waals surface area contributed by atoms with Crippen molar-refractivity contribution in [2.75, 3.05) is 13.6 Å². The molecule has 94 valence electrons. The maximum absolute atomic E-state index is 11.0. The second kappa shape index (κ2) is 4.08. The highest BCUT2D eigenvalue weighted by atomic mass is 16.3. The molecule has 0 spiro atoms. The molecule has 0 amide bonds. The molecule has 1 aliphatic heterocycles. The van der Waals surface area contributed by atoms with Gasteiger partial charge in [-0.3, -0.25) is 0 Å². The molecule has 0 bridgehead atoms. The first kappa shape index (κ1) is 11.7. The van der Waals surface area contributed by atoms with E-state index in [1.165, 1.54) is 10.8 Å². The fourth-order valence-corrected chi connectivity index (χ4v) is 3.10. The van der Waals surface area contributed by atoms with Crippen LogP contribution in [0.25, 0.3) is 10.8 Å². The first-order valence-corrected chi connectivity index (χ1v) is 6.51. The number of aliphatic hydroxyl groups is 1. The van der Waals surface area contributed by atoms with Gasteiger partial charge in [0.05, 0.1) is 0 Å². The van der Waals surface area contributed by atoms with Crippen LogP contribution in [0, 0.1) is 0 Å². The van der Waals surface area contributed by atoms with Gasteiger partial charge in [0.15, 0.2) is 0 Å². The van der Waals surface area contributed by atoms with E-state index in [-0.39, 0.29) is 0 Å². The van der Waals surface area contributed by atoms with Crippen LogP contribution in [0.4, 0.5) is 0 Å². The molecule has 2 aromatic carbocycles. The monoisotopic (exact) mass is 241 g/mol. The van der Waals surface area contributed by atoms with E-state index in [0.29, 0.717) is 12.6 Å². The van der Waals surface area contributed by atoms with Gasteiger partial charge >= 0.3 is 0 Å². The van der Waals surface area contributed by atoms with Gasteiger partial charge in [0.25, 0.3) is 0 Å². The lowest BCUT2D eigenvalue weighted by atomic mass is 9.87. The van der Waals surface area contributed by atoms with Crippen LogP contribution in [0.15, 0.2) is 42.5 Å². The van der Waals surface area contributed by atoms with Crippen molar-refractivity contribution in [2.24, 2.45) is 0 Å². The number of hydrogen-bond donors (Lipinski definition) is 1. The Morgan fingerprint density at radius 1 is 1.17 bits per heavy atom. The molecule has 18 heavy (non-hydrogen) atoms. The normalized spacial score (nSPS) is 28.9. The minimum absolute atomic E-state index is 0.425. The Kier molecular flexibility index (Phi) is 2.65. The van der Waals surface area contributed by atoms with Gasteiger partial charge in [-0.05, 0) is 36.7 Å². The van der Waals surface area contributed by atoms with Crippen molar-refractivity contribution in [3.63, 3.8) is 0 Å². The summed E-state index contributed by atoms with van der Waals surface area (Å²) in [4.78, 5) is 2.22. The summed E-state index contributed by atoms with van der Waals surface area (Å²) < 4.78 is 0. The summed E-state index contributed by atoms with van der Waals surface area (Å²) >= 11 is 0. The highest BCUT2D eigenvalue weighted by Gasteiger charge is 2.40. The summed E-state index contributed by atoms with van der Waals surface area (Å²) in [5, 5.41) is 13.3. The Hall–Kier alpha value is -1.38. The van der Waals surface area contributed by atoms with Crippen molar-refractivity contribution in [3.05, 3.63) is 48.0 Å². The zero-order valence-corrected chi connectivity index (χ0v) is 10.9. The number of benzene rings is 2. The maximum atomic E-state index is 11.0. The Morgan fingerprint density at radius 3 is 2.61 bits per heavy atom. The first-order chi connectivity index (χ1) is 8.60. The zero-order valence-electron chi connectivity index (χ0n) is 10.9. The number of β-amino-alcohol motifs (C(OH)–C–C–N with tert-alkyl or cyclic N) is 1. The van der Waals surface area contributed by atoms with Crippen molar-refractivity contribution in [2.45, 2.75) is 25.0 Å². The van der Waals surface area contributed by atoms with E-state index in [1.807, 2.05) is 18.2 Å². The third-order valence-electron chi connectivity index (χ3n) is 4.19. The van der Waals surface area contributed by atoms with Gasteiger partial charge in [-0.25, -0.2) is 0 Å². The third kappa shape index (κ3) is 1.73. The summed E-state index contributed by atoms with van der Waals surface area (Å²) in [5.74, 6) is 0. The van der Waals surface area contributed by atoms with E-state index in [4.69, 9.17) is 0 Å². The summed E-state index contributed by atoms with van der Waals surface area (Å²) in [6, 6.07) is 14.9. The molecule has 2 nitrogen and oxygen atoms in total. The molecule has 0 radical (unpaired) electrons. The molecule has 3 rings (SSSR count). The molecule has 1 heterocycles. The van der Waals surface area contributed by atoms with Gasteiger partial charge in [-0.2, -0.15) is 0 Å². The van der Waals surface area contributed by atoms with Gasteiger partial charge in [0, 0.05) is 12.6 Å². The maximum Gasteiger partial charge on any atom is 0.104 e. The second-order valence-electron chi connectivity index (χ2n) is 5.53. The minimum atomic E-state index is -0.713. The van der Waals surface area contributed by atoms with Gasteiger partial charge in [0.1, 0.15) is 5.60 Å². The molecular weight excluding hydrogens is 222 g/mol. The number of likely N-dealkylation sites (N-methyl/N-ethyl adjacent to an activating group) is 1. The fraction of sp³-hybridized carbons (Fsp3) is 0.375. The van der Waals surface area contributed by atoms with Crippen molar-refractivity contribution in [3.8, 4) is 0 Å². The topological polar surface area (TPSA) is 23.5 Å². The van der Waals surface area contributed by atoms with E-state index in [1.54, 1.807) is 0 Å². The molecule has 2 atom stereocenters. The van der Waals surface area contributed by atoms with E-state index < -0.39 is 5.60 Å². The fourth-order valence-electron chi connectivity index (χ4n) is 3.10. The molecule has 1 saturated heterocycles. The molecule has 0 aromatic heterocycles. The number of nitrogens with zero attached hydrogens (tertiary/aromatic N) is 1. The van der Waals surface area contributed by atoms with Gasteiger partial charge in [0.2, 0.25) is 0 Å². The number of hydrogen-bond acceptors (Lipinski definition) is 2. The van der Waals surface area contributed by atoms with Crippen molar-refractivity contribution in [1.82, 2.24) is 4.90 Å². The minimum Gasteiger partial charge on any atom is -0.384 e. The van der Waals surface area contributed by atoms with Crippen LogP contribution < -0.4 is 0 Å². The van der Waals surface area contributed by atoms with Crippen LogP contribution in [0.2, 0.25) is 0 Å². The van der Waals surface area contributed by atoms with Crippen LogP contribution in [0.3, 0.4) is 0 Å². The number of likely N-dealkylation sites (tertiary alicyclic amines) is 1. The molecule has 0 saturated carbocycles. The predicted molar refractivity (Wildman–Crippen MR) is 74.6 cm³/mol. The lowest BCUT2D eigenvalue weighted by Crippen LogP contribution is -2.29. The highest BCUT2D eigenvalue weighted by molar-refractivity contribution is 5.86. The highest BCUT2D eigenvalue weighted by Crippen LogP contribution is 2.38. The summed E-state index contributed by atoms with van der Waals surface area (Å²) in [6.07, 6.45) is 0.803. The van der Waals surface area contributed by atoms with E-state index in [9.17, 15) is 5.11 Å². The lowest BCUT2D eigenvalue weighted by molar-refractivity contribution is 0.0501. The van der Waals surface area contributed by atoms with Crippen LogP contribution in [0.5, 0.6) is 0 Å². The Labute approximate surface area is 108 Å². The Balaban J connectivity index is 2.15. The van der Waals surface area contributed by atoms with Crippen LogP contribution in [0.1, 0.15) is 18.9 Å². The zero-order chi connectivity index (χ0) is 12.8. The third-order valence-corrected chi connectivity index (χ3v) is 4.19. The van der Waals surface area contributed by atoms with Crippen molar-refractivity contribution in [1.29, 1.82) is 0 Å². The number of fused-ring (bicyclic) bond motifs is 1. The van der Waals surface area contributed by atoms with E-state index in [0.717, 1.165) is 12.0 Å². The predicted octanol–water partition coefficient (Wildman–Crippen LogP) is 2.75. The van der Waals surface area contributed by atoms with Crippen LogP contribution in [-0.4, -0.2) is 29.6 Å². The quantitative estimate of drug-likeness (QED) is 0.830. The molecule has 1 N–H and O–H groups in total. The molecule has 1 aliphatic rings. The molecular formula is C16H19NO. The summed E-state index contributed by atoms with van der Waals surface area (Å²) in [5.41, 5.74) is 0.353. The number of rotatable bonds is 1. The SMILES string of the molecule is CC1CC(O)(c2cccc3ccccc23)CN1C. The van der Waals surface area contributed by atoms with Crippen molar-refractivity contribution >= 4 is 10.8 Å². The van der Waals surface area contributed by atoms with E-state index in [2.05, 4.69) is 43.1 Å². The summed E-state index contributed by atoms with van der Waals surface area (Å²) in [6.45, 7) is 2.88. The lowest BCUT2D eigenvalue weighted by Gasteiger charge is -2.24. The molecule has 2 unspecified atom stereocenters. The Morgan fingerprint density at radius 2 is 1.89 bits per heavy atom. The van der Waals surface area contributed by atoms with Crippen molar-refractivity contribution < 1.29 is 5.11 Å². The molecule has 2 aromatic rings. The Bertz CT molecular complexity index is 563. The van der Waals surface area contributed by atoms with Crippen LogP contribution >= 0.6 is 0 Å². The largest absolute Gasteiger partial charge is 0.384 e. The van der Waals surface area contributed by atoms with Gasteiger partial charge in [-0.1, -0.05) is 42.5 Å². The molecule has 0 aliphatic carbocycles. The second-order valence-corrected chi connectivity index (χ2v) is 5.53. The van der Waals surface area contributed by atoms with Gasteiger partial charge < -0.3 is 10.0 Å². The summed E-state index contributed by atoms with van der Waals surface area (Å²) in [7, 11) is 2.08. The van der Waals surface area contributed by atoms with E-state index >= 15 is 0 Å². The smallest absolute Gasteiger partial charge is 0.104 e. The molecule has 1 fully saturated rings.